The Morgan fingerprint density at radius 3 is 2.63 bits per heavy atom. The number of primary amides is 1. The van der Waals surface area contributed by atoms with Crippen LogP contribution in [0.15, 0.2) is 12.4 Å². The van der Waals surface area contributed by atoms with E-state index in [-0.39, 0.29) is 18.8 Å². The number of hydrogen-bond donors (Lipinski definition) is 1. The zero-order valence-electron chi connectivity index (χ0n) is 9.52. The van der Waals surface area contributed by atoms with Crippen molar-refractivity contribution in [1.82, 2.24) is 9.97 Å². The Labute approximate surface area is 105 Å². The van der Waals surface area contributed by atoms with Gasteiger partial charge in [0, 0.05) is 19.0 Å². The maximum Gasteiger partial charge on any atom is 0.433 e. The first-order valence-corrected chi connectivity index (χ1v) is 5.28. The largest absolute Gasteiger partial charge is 0.433 e. The highest BCUT2D eigenvalue weighted by Gasteiger charge is 2.37. The molecule has 19 heavy (non-hydrogen) atoms. The Morgan fingerprint density at radius 2 is 2.11 bits per heavy atom. The average Bonchev–Trinajstić information content (AvgIpc) is 2.71. The van der Waals surface area contributed by atoms with Gasteiger partial charge in [-0.15, -0.1) is 0 Å². The number of hydrogen-bond acceptors (Lipinski definition) is 4. The van der Waals surface area contributed by atoms with E-state index in [4.69, 9.17) is 5.73 Å². The van der Waals surface area contributed by atoms with Gasteiger partial charge in [-0.2, -0.15) is 13.2 Å². The molecule has 1 aliphatic heterocycles. The minimum atomic E-state index is -4.62. The summed E-state index contributed by atoms with van der Waals surface area (Å²) in [5.41, 5.74) is 3.92. The number of nitrogens with zero attached hydrogens (tertiary/aromatic N) is 3. The van der Waals surface area contributed by atoms with Crippen molar-refractivity contribution in [2.45, 2.75) is 12.6 Å². The normalized spacial score (nSPS) is 19.8. The lowest BCUT2D eigenvalue weighted by Gasteiger charge is -2.16. The van der Waals surface area contributed by atoms with Crippen LogP contribution in [0, 0.1) is 5.92 Å². The molecule has 1 aromatic rings. The van der Waals surface area contributed by atoms with Crippen molar-refractivity contribution in [3.8, 4) is 0 Å². The molecule has 9 heteroatoms. The van der Waals surface area contributed by atoms with E-state index in [0.717, 1.165) is 11.2 Å². The summed E-state index contributed by atoms with van der Waals surface area (Å²) in [7, 11) is 0. The van der Waals surface area contributed by atoms with Gasteiger partial charge >= 0.3 is 6.18 Å². The van der Waals surface area contributed by atoms with E-state index in [1.165, 1.54) is 0 Å². The van der Waals surface area contributed by atoms with Crippen molar-refractivity contribution in [2.24, 2.45) is 11.7 Å². The molecule has 1 aromatic heterocycles. The number of anilines is 1. The molecule has 1 aliphatic rings. The first-order chi connectivity index (χ1) is 8.79. The first kappa shape index (κ1) is 13.2. The molecule has 0 aliphatic carbocycles. The number of halogens is 3. The molecule has 1 unspecified atom stereocenters. The zero-order valence-corrected chi connectivity index (χ0v) is 9.52. The van der Waals surface area contributed by atoms with Crippen molar-refractivity contribution in [3.05, 3.63) is 18.1 Å². The molecular formula is C10H9F3N4O2. The molecule has 1 fully saturated rings. The number of carbonyl (C=O) groups is 2. The topological polar surface area (TPSA) is 89.2 Å². The summed E-state index contributed by atoms with van der Waals surface area (Å²) in [5, 5.41) is 0. The molecule has 0 aromatic carbocycles. The number of rotatable bonds is 2. The number of carbonyl (C=O) groups excluding carboxylic acids is 2. The van der Waals surface area contributed by atoms with E-state index < -0.39 is 29.6 Å². The van der Waals surface area contributed by atoms with Crippen LogP contribution in [0.25, 0.3) is 0 Å². The van der Waals surface area contributed by atoms with Crippen LogP contribution in [0.5, 0.6) is 0 Å². The van der Waals surface area contributed by atoms with E-state index in [2.05, 4.69) is 9.97 Å². The van der Waals surface area contributed by atoms with Crippen LogP contribution in [0.1, 0.15) is 12.1 Å². The van der Waals surface area contributed by atoms with Crippen molar-refractivity contribution in [2.75, 3.05) is 11.4 Å². The molecule has 1 saturated heterocycles. The third-order valence-corrected chi connectivity index (χ3v) is 2.75. The fourth-order valence-electron chi connectivity index (χ4n) is 1.77. The van der Waals surface area contributed by atoms with Gasteiger partial charge in [0.05, 0.1) is 5.92 Å². The quantitative estimate of drug-likeness (QED) is 0.841. The Morgan fingerprint density at radius 1 is 1.42 bits per heavy atom. The summed E-state index contributed by atoms with van der Waals surface area (Å²) in [4.78, 5) is 30.3. The fraction of sp³-hybridized carbons (Fsp3) is 0.400. The lowest BCUT2D eigenvalue weighted by Crippen LogP contribution is -2.29. The summed E-state index contributed by atoms with van der Waals surface area (Å²) in [6, 6.07) is 0.668. The molecule has 102 valence electrons. The lowest BCUT2D eigenvalue weighted by atomic mass is 10.1. The molecule has 6 nitrogen and oxygen atoms in total. The highest BCUT2D eigenvalue weighted by atomic mass is 19.4. The molecule has 2 N–H and O–H groups in total. The SMILES string of the molecule is NC(=O)C1CC(=O)N(c2cc(C(F)(F)F)ncn2)C1. The number of aromatic nitrogens is 2. The van der Waals surface area contributed by atoms with Crippen molar-refractivity contribution >= 4 is 17.6 Å². The van der Waals surface area contributed by atoms with Crippen LogP contribution in [0.3, 0.4) is 0 Å². The summed E-state index contributed by atoms with van der Waals surface area (Å²) in [6.45, 7) is -0.0670. The van der Waals surface area contributed by atoms with E-state index in [1.54, 1.807) is 0 Å². The third kappa shape index (κ3) is 2.64. The summed E-state index contributed by atoms with van der Waals surface area (Å²) in [6.07, 6.45) is -4.02. The van der Waals surface area contributed by atoms with E-state index in [0.29, 0.717) is 6.07 Å². The average molecular weight is 274 g/mol. The third-order valence-electron chi connectivity index (χ3n) is 2.75. The molecule has 0 saturated carbocycles. The minimum Gasteiger partial charge on any atom is -0.369 e. The number of nitrogens with two attached hydrogens (primary N) is 1. The molecule has 2 amide bonds. The van der Waals surface area contributed by atoms with E-state index >= 15 is 0 Å². The van der Waals surface area contributed by atoms with Crippen LogP contribution < -0.4 is 10.6 Å². The molecular weight excluding hydrogens is 265 g/mol. The molecule has 2 rings (SSSR count). The smallest absolute Gasteiger partial charge is 0.369 e. The van der Waals surface area contributed by atoms with Gasteiger partial charge in [-0.05, 0) is 0 Å². The van der Waals surface area contributed by atoms with E-state index in [9.17, 15) is 22.8 Å². The van der Waals surface area contributed by atoms with Gasteiger partial charge in [0.25, 0.3) is 0 Å². The second-order valence-corrected chi connectivity index (χ2v) is 4.07. The van der Waals surface area contributed by atoms with Crippen molar-refractivity contribution < 1.29 is 22.8 Å². The summed E-state index contributed by atoms with van der Waals surface area (Å²) in [5.74, 6) is -2.05. The van der Waals surface area contributed by atoms with Gasteiger partial charge in [0.15, 0.2) is 0 Å². The van der Waals surface area contributed by atoms with Gasteiger partial charge in [-0.1, -0.05) is 0 Å². The van der Waals surface area contributed by atoms with Crippen molar-refractivity contribution in [3.63, 3.8) is 0 Å². The van der Waals surface area contributed by atoms with Crippen LogP contribution >= 0.6 is 0 Å². The monoisotopic (exact) mass is 274 g/mol. The predicted octanol–water partition coefficient (Wildman–Crippen LogP) is 0.334. The Bertz CT molecular complexity index is 532. The zero-order chi connectivity index (χ0) is 14.2. The highest BCUT2D eigenvalue weighted by molar-refractivity contribution is 5.99. The number of amides is 2. The van der Waals surface area contributed by atoms with Crippen LogP contribution in [-0.2, 0) is 15.8 Å². The fourth-order valence-corrected chi connectivity index (χ4v) is 1.77. The molecule has 0 radical (unpaired) electrons. The Kier molecular flexibility index (Phi) is 3.13. The highest BCUT2D eigenvalue weighted by Crippen LogP contribution is 2.30. The standard InChI is InChI=1S/C10H9F3N4O2/c11-10(12,13)6-2-7(16-4-15-6)17-3-5(9(14)19)1-8(17)18/h2,4-5H,1,3H2,(H2,14,19). The molecule has 2 heterocycles. The van der Waals surface area contributed by atoms with Crippen LogP contribution in [0.2, 0.25) is 0 Å². The maximum absolute atomic E-state index is 12.5. The second kappa shape index (κ2) is 4.48. The number of alkyl halides is 3. The lowest BCUT2D eigenvalue weighted by molar-refractivity contribution is -0.141. The van der Waals surface area contributed by atoms with Gasteiger partial charge in [0.2, 0.25) is 11.8 Å². The second-order valence-electron chi connectivity index (χ2n) is 4.07. The van der Waals surface area contributed by atoms with Gasteiger partial charge in [-0.3, -0.25) is 14.5 Å². The maximum atomic E-state index is 12.5. The summed E-state index contributed by atoms with van der Waals surface area (Å²) < 4.78 is 37.5. The van der Waals surface area contributed by atoms with Crippen LogP contribution in [0.4, 0.5) is 19.0 Å². The van der Waals surface area contributed by atoms with Crippen LogP contribution in [-0.4, -0.2) is 28.3 Å². The molecule has 1 atom stereocenters. The molecule has 0 bridgehead atoms. The van der Waals surface area contributed by atoms with Gasteiger partial charge in [-0.25, -0.2) is 9.97 Å². The van der Waals surface area contributed by atoms with Crippen molar-refractivity contribution in [1.29, 1.82) is 0 Å². The molecule has 0 spiro atoms. The van der Waals surface area contributed by atoms with Gasteiger partial charge < -0.3 is 5.73 Å². The predicted molar refractivity (Wildman–Crippen MR) is 56.7 cm³/mol. The minimum absolute atomic E-state index is 0.0670. The Balaban J connectivity index is 2.28. The first-order valence-electron chi connectivity index (χ1n) is 5.28. The Hall–Kier alpha value is -2.19. The van der Waals surface area contributed by atoms with Gasteiger partial charge in [0.1, 0.15) is 17.8 Å². The summed E-state index contributed by atoms with van der Waals surface area (Å²) >= 11 is 0. The van der Waals surface area contributed by atoms with E-state index in [1.807, 2.05) is 0 Å².